The van der Waals surface area contributed by atoms with Gasteiger partial charge in [-0.25, -0.2) is 4.79 Å². The second kappa shape index (κ2) is 9.30. The molecule has 1 heterocycles. The van der Waals surface area contributed by atoms with Crippen LogP contribution in [0.5, 0.6) is 0 Å². The van der Waals surface area contributed by atoms with E-state index in [9.17, 15) is 19.5 Å². The molecule has 2 aromatic rings. The van der Waals surface area contributed by atoms with Crippen LogP contribution in [0.2, 0.25) is 10.0 Å². The Morgan fingerprint density at radius 1 is 1.16 bits per heavy atom. The van der Waals surface area contributed by atoms with Crippen molar-refractivity contribution < 1.29 is 19.5 Å². The molecule has 3 rings (SSSR count). The molecule has 0 unspecified atom stereocenters. The van der Waals surface area contributed by atoms with Gasteiger partial charge in [0.2, 0.25) is 0 Å². The number of allylic oxidation sites excluding steroid dienone is 2. The first-order chi connectivity index (χ1) is 15.1. The number of para-hydroxylation sites is 1. The highest BCUT2D eigenvalue weighted by molar-refractivity contribution is 6.40. The van der Waals surface area contributed by atoms with Gasteiger partial charge in [0.15, 0.2) is 5.78 Å². The van der Waals surface area contributed by atoms with Crippen molar-refractivity contribution in [3.8, 4) is 0 Å². The van der Waals surface area contributed by atoms with Crippen molar-refractivity contribution >= 4 is 46.5 Å². The topological polar surface area (TPSA) is 108 Å². The Labute approximate surface area is 195 Å². The van der Waals surface area contributed by atoms with Crippen LogP contribution in [-0.4, -0.2) is 33.8 Å². The van der Waals surface area contributed by atoms with Crippen molar-refractivity contribution in [3.63, 3.8) is 0 Å². The highest BCUT2D eigenvalue weighted by Gasteiger charge is 2.46. The molecule has 1 aromatic carbocycles. The number of carbonyl (C=O) groups is 3. The van der Waals surface area contributed by atoms with E-state index in [1.54, 1.807) is 38.1 Å². The normalized spacial score (nSPS) is 15.7. The summed E-state index contributed by atoms with van der Waals surface area (Å²) < 4.78 is 0. The van der Waals surface area contributed by atoms with Crippen LogP contribution >= 0.6 is 23.2 Å². The smallest absolute Gasteiger partial charge is 0.326 e. The standard InChI is InChI=1S/C23H23Cl2N3O4/c1-4-13-19(23(2,3)20(13)29)27-17(22(31)32)9-12-7-5-6-8-16(12)28-21(30)18-14(24)10-26-11-15(18)25/h5-8,10-11,17,27H,4,9H2,1-3H3,(H,28,30)(H,31,32)/t17-/m0/s1. The molecule has 7 nitrogen and oxygen atoms in total. The van der Waals surface area contributed by atoms with Gasteiger partial charge in [-0.05, 0) is 31.9 Å². The first-order valence-corrected chi connectivity index (χ1v) is 10.8. The van der Waals surface area contributed by atoms with Crippen LogP contribution in [0.1, 0.15) is 43.1 Å². The number of carboxylic acid groups (broad SMARTS) is 1. The Morgan fingerprint density at radius 3 is 2.38 bits per heavy atom. The van der Waals surface area contributed by atoms with Gasteiger partial charge >= 0.3 is 5.97 Å². The molecule has 3 N–H and O–H groups in total. The van der Waals surface area contributed by atoms with Gasteiger partial charge in [-0.1, -0.05) is 48.3 Å². The number of ketones is 1. The molecule has 0 bridgehead atoms. The fourth-order valence-corrected chi connectivity index (χ4v) is 4.29. The maximum atomic E-state index is 12.8. The minimum absolute atomic E-state index is 0.0189. The summed E-state index contributed by atoms with van der Waals surface area (Å²) in [7, 11) is 0. The van der Waals surface area contributed by atoms with Gasteiger partial charge in [-0.3, -0.25) is 14.6 Å². The lowest BCUT2D eigenvalue weighted by Crippen LogP contribution is -2.51. The molecule has 0 aliphatic heterocycles. The van der Waals surface area contributed by atoms with Crippen molar-refractivity contribution in [2.75, 3.05) is 5.32 Å². The molecular formula is C23H23Cl2N3O4. The first-order valence-electron chi connectivity index (χ1n) is 10.0. The Morgan fingerprint density at radius 2 is 1.78 bits per heavy atom. The monoisotopic (exact) mass is 475 g/mol. The second-order valence-electron chi connectivity index (χ2n) is 7.99. The molecule has 0 radical (unpaired) electrons. The molecule has 1 amide bonds. The SMILES string of the molecule is CCC1=C(N[C@@H](Cc2ccccc2NC(=O)c2c(Cl)cncc2Cl)C(=O)O)C(C)(C)C1=O. The predicted octanol–water partition coefficient (Wildman–Crippen LogP) is 4.50. The number of Topliss-reactive ketones (excluding diaryl/α,β-unsaturated/α-hetero) is 1. The number of carboxylic acids is 1. The zero-order chi connectivity index (χ0) is 23.6. The molecule has 1 aromatic heterocycles. The Hall–Kier alpha value is -2.90. The van der Waals surface area contributed by atoms with Gasteiger partial charge in [0, 0.05) is 35.8 Å². The quantitative estimate of drug-likeness (QED) is 0.518. The van der Waals surface area contributed by atoms with Crippen LogP contribution in [0.4, 0.5) is 5.69 Å². The van der Waals surface area contributed by atoms with E-state index < -0.39 is 23.3 Å². The molecule has 32 heavy (non-hydrogen) atoms. The molecule has 1 atom stereocenters. The van der Waals surface area contributed by atoms with Gasteiger partial charge < -0.3 is 15.7 Å². The molecule has 9 heteroatoms. The lowest BCUT2D eigenvalue weighted by atomic mass is 9.68. The summed E-state index contributed by atoms with van der Waals surface area (Å²) in [5.74, 6) is -1.58. The lowest BCUT2D eigenvalue weighted by molar-refractivity contribution is -0.139. The molecule has 0 saturated heterocycles. The average molecular weight is 476 g/mol. The number of benzene rings is 1. The number of aliphatic carboxylic acids is 1. The van der Waals surface area contributed by atoms with E-state index in [0.29, 0.717) is 28.9 Å². The maximum Gasteiger partial charge on any atom is 0.326 e. The zero-order valence-corrected chi connectivity index (χ0v) is 19.3. The number of nitrogens with zero attached hydrogens (tertiary/aromatic N) is 1. The summed E-state index contributed by atoms with van der Waals surface area (Å²) in [6.45, 7) is 5.40. The van der Waals surface area contributed by atoms with Crippen LogP contribution in [0.3, 0.4) is 0 Å². The highest BCUT2D eigenvalue weighted by Crippen LogP contribution is 2.42. The van der Waals surface area contributed by atoms with Crippen LogP contribution in [0, 0.1) is 5.41 Å². The van der Waals surface area contributed by atoms with Gasteiger partial charge in [-0.2, -0.15) is 0 Å². The van der Waals surface area contributed by atoms with Crippen LogP contribution in [0.25, 0.3) is 0 Å². The third kappa shape index (κ3) is 4.49. The summed E-state index contributed by atoms with van der Waals surface area (Å²) in [6, 6.07) is 5.88. The number of rotatable bonds is 8. The number of aromatic nitrogens is 1. The van der Waals surface area contributed by atoms with Gasteiger partial charge in [-0.15, -0.1) is 0 Å². The molecular weight excluding hydrogens is 453 g/mol. The Kier molecular flexibility index (Phi) is 6.91. The van der Waals surface area contributed by atoms with E-state index in [-0.39, 0.29) is 27.8 Å². The minimum atomic E-state index is -1.07. The molecule has 0 spiro atoms. The molecule has 0 saturated carbocycles. The summed E-state index contributed by atoms with van der Waals surface area (Å²) in [4.78, 5) is 40.9. The van der Waals surface area contributed by atoms with E-state index in [1.807, 2.05) is 6.92 Å². The third-order valence-electron chi connectivity index (χ3n) is 5.51. The van der Waals surface area contributed by atoms with E-state index in [0.717, 1.165) is 0 Å². The minimum Gasteiger partial charge on any atom is -0.480 e. The number of carbonyl (C=O) groups excluding carboxylic acids is 2. The third-order valence-corrected chi connectivity index (χ3v) is 6.08. The molecule has 0 fully saturated rings. The van der Waals surface area contributed by atoms with Crippen LogP contribution in [-0.2, 0) is 16.0 Å². The number of hydrogen-bond acceptors (Lipinski definition) is 5. The van der Waals surface area contributed by atoms with Crippen molar-refractivity contribution in [2.24, 2.45) is 5.41 Å². The summed E-state index contributed by atoms with van der Waals surface area (Å²) >= 11 is 12.1. The van der Waals surface area contributed by atoms with Crippen LogP contribution < -0.4 is 10.6 Å². The predicted molar refractivity (Wildman–Crippen MR) is 123 cm³/mol. The fraction of sp³-hybridized carbons (Fsp3) is 0.304. The van der Waals surface area contributed by atoms with E-state index in [2.05, 4.69) is 15.6 Å². The van der Waals surface area contributed by atoms with Gasteiger partial charge in [0.1, 0.15) is 6.04 Å². The Balaban J connectivity index is 1.86. The average Bonchev–Trinajstić information content (AvgIpc) is 2.73. The first kappa shape index (κ1) is 23.8. The Bertz CT molecular complexity index is 1110. The van der Waals surface area contributed by atoms with Gasteiger partial charge in [0.05, 0.1) is 21.0 Å². The number of amides is 1. The van der Waals surface area contributed by atoms with Crippen molar-refractivity contribution in [1.82, 2.24) is 10.3 Å². The molecule has 168 valence electrons. The summed E-state index contributed by atoms with van der Waals surface area (Å²) in [5, 5.41) is 15.8. The highest BCUT2D eigenvalue weighted by atomic mass is 35.5. The van der Waals surface area contributed by atoms with Crippen LogP contribution in [0.15, 0.2) is 47.9 Å². The van der Waals surface area contributed by atoms with E-state index >= 15 is 0 Å². The second-order valence-corrected chi connectivity index (χ2v) is 8.80. The van der Waals surface area contributed by atoms with Crippen molar-refractivity contribution in [3.05, 3.63) is 69.1 Å². The van der Waals surface area contributed by atoms with Gasteiger partial charge in [0.25, 0.3) is 5.91 Å². The summed E-state index contributed by atoms with van der Waals surface area (Å²) in [6.07, 6.45) is 3.24. The molecule has 1 aliphatic carbocycles. The zero-order valence-electron chi connectivity index (χ0n) is 17.8. The van der Waals surface area contributed by atoms with E-state index in [1.165, 1.54) is 12.4 Å². The molecule has 1 aliphatic rings. The lowest BCUT2D eigenvalue weighted by Gasteiger charge is -2.40. The van der Waals surface area contributed by atoms with E-state index in [4.69, 9.17) is 23.2 Å². The number of pyridine rings is 1. The maximum absolute atomic E-state index is 12.8. The summed E-state index contributed by atoms with van der Waals surface area (Å²) in [5.41, 5.74) is 1.63. The number of halogens is 2. The van der Waals surface area contributed by atoms with Crippen molar-refractivity contribution in [1.29, 1.82) is 0 Å². The largest absolute Gasteiger partial charge is 0.480 e. The van der Waals surface area contributed by atoms with Crippen molar-refractivity contribution in [2.45, 2.75) is 39.7 Å². The number of anilines is 1. The number of nitrogens with one attached hydrogen (secondary N) is 2. The number of hydrogen-bond donors (Lipinski definition) is 3. The fourth-order valence-electron chi connectivity index (χ4n) is 3.75.